The van der Waals surface area contributed by atoms with Crippen LogP contribution in [0.15, 0.2) is 48.5 Å². The van der Waals surface area contributed by atoms with Crippen LogP contribution in [0.25, 0.3) is 0 Å². The van der Waals surface area contributed by atoms with Crippen molar-refractivity contribution in [3.05, 3.63) is 65.2 Å². The van der Waals surface area contributed by atoms with Crippen molar-refractivity contribution >= 4 is 0 Å². The van der Waals surface area contributed by atoms with Crippen LogP contribution in [-0.4, -0.2) is 14.2 Å². The van der Waals surface area contributed by atoms with Crippen molar-refractivity contribution in [1.82, 2.24) is 5.32 Å². The van der Waals surface area contributed by atoms with Gasteiger partial charge in [-0.1, -0.05) is 42.5 Å². The Morgan fingerprint density at radius 3 is 2.63 bits per heavy atom. The molecule has 0 radical (unpaired) electrons. The largest absolute Gasteiger partial charge is 0.496 e. The van der Waals surface area contributed by atoms with Crippen molar-refractivity contribution in [2.45, 2.75) is 12.6 Å². The molecule has 100 valence electrons. The molecule has 0 fully saturated rings. The van der Waals surface area contributed by atoms with Gasteiger partial charge in [-0.2, -0.15) is 0 Å². The Morgan fingerprint density at radius 1 is 1.16 bits per heavy atom. The fraction of sp³-hybridized carbons (Fsp3) is 0.250. The van der Waals surface area contributed by atoms with Crippen molar-refractivity contribution in [3.63, 3.8) is 0 Å². The molecule has 3 heteroatoms. The summed E-state index contributed by atoms with van der Waals surface area (Å²) < 4.78 is 5.44. The highest BCUT2D eigenvalue weighted by Gasteiger charge is 2.16. The summed E-state index contributed by atoms with van der Waals surface area (Å²) in [6.45, 7) is 0.552. The maximum absolute atomic E-state index is 5.71. The van der Waals surface area contributed by atoms with E-state index >= 15 is 0 Å². The van der Waals surface area contributed by atoms with E-state index in [0.29, 0.717) is 6.54 Å². The summed E-state index contributed by atoms with van der Waals surface area (Å²) in [5.41, 5.74) is 9.16. The molecule has 0 saturated carbocycles. The topological polar surface area (TPSA) is 47.3 Å². The van der Waals surface area contributed by atoms with Crippen molar-refractivity contribution in [2.75, 3.05) is 14.2 Å². The van der Waals surface area contributed by atoms with Crippen LogP contribution in [-0.2, 0) is 6.54 Å². The quantitative estimate of drug-likeness (QED) is 0.864. The lowest BCUT2D eigenvalue weighted by Crippen LogP contribution is -2.18. The molecule has 0 amide bonds. The van der Waals surface area contributed by atoms with Gasteiger partial charge in [0.15, 0.2) is 0 Å². The van der Waals surface area contributed by atoms with Crippen LogP contribution in [0.3, 0.4) is 0 Å². The van der Waals surface area contributed by atoms with Crippen LogP contribution in [0.5, 0.6) is 5.75 Å². The number of nitrogens with one attached hydrogen (secondary N) is 1. The zero-order valence-electron chi connectivity index (χ0n) is 11.4. The molecule has 0 aliphatic rings. The second-order valence-corrected chi connectivity index (χ2v) is 4.41. The molecular weight excluding hydrogens is 236 g/mol. The zero-order chi connectivity index (χ0) is 13.7. The average molecular weight is 256 g/mol. The molecular formula is C16H20N2O. The van der Waals surface area contributed by atoms with Gasteiger partial charge in [0.1, 0.15) is 5.75 Å². The summed E-state index contributed by atoms with van der Waals surface area (Å²) in [5.74, 6) is 0.889. The Labute approximate surface area is 114 Å². The second kappa shape index (κ2) is 6.36. The van der Waals surface area contributed by atoms with Crippen molar-refractivity contribution in [2.24, 2.45) is 5.73 Å². The number of hydrogen-bond acceptors (Lipinski definition) is 3. The van der Waals surface area contributed by atoms with Gasteiger partial charge in [-0.15, -0.1) is 0 Å². The minimum atomic E-state index is 0.0997. The van der Waals surface area contributed by atoms with E-state index in [1.165, 1.54) is 5.56 Å². The first-order chi connectivity index (χ1) is 9.30. The number of benzene rings is 2. The van der Waals surface area contributed by atoms with Crippen LogP contribution < -0.4 is 15.8 Å². The summed E-state index contributed by atoms with van der Waals surface area (Å²) in [6.07, 6.45) is 0. The van der Waals surface area contributed by atoms with Gasteiger partial charge in [0.05, 0.1) is 13.2 Å². The third-order valence-corrected chi connectivity index (χ3v) is 3.26. The summed E-state index contributed by atoms with van der Waals surface area (Å²) >= 11 is 0. The molecule has 1 unspecified atom stereocenters. The smallest absolute Gasteiger partial charge is 0.123 e. The van der Waals surface area contributed by atoms with Crippen LogP contribution in [0.2, 0.25) is 0 Å². The standard InChI is InChI=1S/C16H20N2O/c1-18-16(13-7-5-6-12(10-13)11-17)14-8-3-4-9-15(14)19-2/h3-10,16,18H,11,17H2,1-2H3. The molecule has 2 rings (SSSR count). The van der Waals surface area contributed by atoms with E-state index in [-0.39, 0.29) is 6.04 Å². The Hall–Kier alpha value is -1.84. The molecule has 2 aromatic carbocycles. The van der Waals surface area contributed by atoms with Crippen LogP contribution in [0, 0.1) is 0 Å². The number of methoxy groups -OCH3 is 1. The van der Waals surface area contributed by atoms with E-state index in [9.17, 15) is 0 Å². The number of hydrogen-bond donors (Lipinski definition) is 2. The van der Waals surface area contributed by atoms with Crippen LogP contribution in [0.4, 0.5) is 0 Å². The molecule has 0 aliphatic carbocycles. The first-order valence-corrected chi connectivity index (χ1v) is 6.39. The SMILES string of the molecule is CNC(c1cccc(CN)c1)c1ccccc1OC. The molecule has 0 saturated heterocycles. The zero-order valence-corrected chi connectivity index (χ0v) is 11.4. The van der Waals surface area contributed by atoms with Crippen LogP contribution in [0.1, 0.15) is 22.7 Å². The first-order valence-electron chi connectivity index (χ1n) is 6.39. The van der Waals surface area contributed by atoms with Crippen molar-refractivity contribution in [3.8, 4) is 5.75 Å². The number of nitrogens with two attached hydrogens (primary N) is 1. The van der Waals surface area contributed by atoms with E-state index in [1.807, 2.05) is 37.4 Å². The lowest BCUT2D eigenvalue weighted by molar-refractivity contribution is 0.405. The monoisotopic (exact) mass is 256 g/mol. The molecule has 0 bridgehead atoms. The number of rotatable bonds is 5. The van der Waals surface area contributed by atoms with E-state index < -0.39 is 0 Å². The molecule has 0 aromatic heterocycles. The maximum Gasteiger partial charge on any atom is 0.123 e. The molecule has 19 heavy (non-hydrogen) atoms. The molecule has 0 heterocycles. The average Bonchev–Trinajstić information content (AvgIpc) is 2.49. The lowest BCUT2D eigenvalue weighted by atomic mass is 9.96. The minimum Gasteiger partial charge on any atom is -0.496 e. The fourth-order valence-corrected chi connectivity index (χ4v) is 2.31. The third-order valence-electron chi connectivity index (χ3n) is 3.26. The van der Waals surface area contributed by atoms with E-state index in [0.717, 1.165) is 16.9 Å². The van der Waals surface area contributed by atoms with E-state index in [1.54, 1.807) is 7.11 Å². The molecule has 3 nitrogen and oxygen atoms in total. The van der Waals surface area contributed by atoms with Crippen LogP contribution >= 0.6 is 0 Å². The molecule has 3 N–H and O–H groups in total. The van der Waals surface area contributed by atoms with Gasteiger partial charge in [-0.3, -0.25) is 0 Å². The summed E-state index contributed by atoms with van der Waals surface area (Å²) in [4.78, 5) is 0. The van der Waals surface area contributed by atoms with Gasteiger partial charge >= 0.3 is 0 Å². The Bertz CT molecular complexity index is 540. The van der Waals surface area contributed by atoms with Gasteiger partial charge in [0.25, 0.3) is 0 Å². The van der Waals surface area contributed by atoms with E-state index in [2.05, 4.69) is 23.5 Å². The molecule has 2 aromatic rings. The number of para-hydroxylation sites is 1. The molecule has 1 atom stereocenters. The third kappa shape index (κ3) is 2.95. The second-order valence-electron chi connectivity index (χ2n) is 4.41. The van der Waals surface area contributed by atoms with Gasteiger partial charge in [0, 0.05) is 12.1 Å². The Morgan fingerprint density at radius 2 is 1.95 bits per heavy atom. The van der Waals surface area contributed by atoms with Gasteiger partial charge in [0.2, 0.25) is 0 Å². The molecule has 0 spiro atoms. The van der Waals surface area contributed by atoms with Crippen molar-refractivity contribution < 1.29 is 4.74 Å². The predicted molar refractivity (Wildman–Crippen MR) is 78.2 cm³/mol. The summed E-state index contributed by atoms with van der Waals surface area (Å²) in [6, 6.07) is 16.5. The predicted octanol–water partition coefficient (Wildman–Crippen LogP) is 2.46. The van der Waals surface area contributed by atoms with Gasteiger partial charge in [-0.05, 0) is 24.2 Å². The maximum atomic E-state index is 5.71. The normalized spacial score (nSPS) is 12.2. The van der Waals surface area contributed by atoms with E-state index in [4.69, 9.17) is 10.5 Å². The van der Waals surface area contributed by atoms with Gasteiger partial charge < -0.3 is 15.8 Å². The van der Waals surface area contributed by atoms with Crippen molar-refractivity contribution in [1.29, 1.82) is 0 Å². The first kappa shape index (κ1) is 13.6. The Balaban J connectivity index is 2.43. The summed E-state index contributed by atoms with van der Waals surface area (Å²) in [7, 11) is 3.65. The highest BCUT2D eigenvalue weighted by atomic mass is 16.5. The fourth-order valence-electron chi connectivity index (χ4n) is 2.31. The Kier molecular flexibility index (Phi) is 4.55. The van der Waals surface area contributed by atoms with Gasteiger partial charge in [-0.25, -0.2) is 0 Å². The highest BCUT2D eigenvalue weighted by molar-refractivity contribution is 5.42. The number of ether oxygens (including phenoxy) is 1. The summed E-state index contributed by atoms with van der Waals surface area (Å²) in [5, 5.41) is 3.34. The lowest BCUT2D eigenvalue weighted by Gasteiger charge is -2.20. The molecule has 0 aliphatic heterocycles. The minimum absolute atomic E-state index is 0.0997. The highest BCUT2D eigenvalue weighted by Crippen LogP contribution is 2.29.